The third-order valence-corrected chi connectivity index (χ3v) is 1.78. The molecule has 0 aliphatic carbocycles. The zero-order valence-corrected chi connectivity index (χ0v) is 8.30. The van der Waals surface area contributed by atoms with Gasteiger partial charge < -0.3 is 14.9 Å². The molecule has 4 heteroatoms. The largest absolute Gasteiger partial charge is 0.475 e. The fourth-order valence-corrected chi connectivity index (χ4v) is 1.06. The summed E-state index contributed by atoms with van der Waals surface area (Å²) < 4.78 is 5.12. The van der Waals surface area contributed by atoms with Gasteiger partial charge in [0.1, 0.15) is 5.75 Å². The van der Waals surface area contributed by atoms with Gasteiger partial charge in [0.05, 0.1) is 6.61 Å². The van der Waals surface area contributed by atoms with Crippen molar-refractivity contribution in [2.75, 3.05) is 0 Å². The molecule has 0 saturated carbocycles. The third-order valence-electron chi connectivity index (χ3n) is 1.78. The third kappa shape index (κ3) is 3.11. The molecule has 0 aromatic heterocycles. The molecule has 0 unspecified atom stereocenters. The molecule has 0 spiro atoms. The first-order chi connectivity index (χ1) is 7.17. The van der Waals surface area contributed by atoms with E-state index < -0.39 is 5.97 Å². The Morgan fingerprint density at radius 2 is 2.27 bits per heavy atom. The number of aliphatic hydroxyl groups is 1. The van der Waals surface area contributed by atoms with E-state index in [4.69, 9.17) is 14.9 Å². The van der Waals surface area contributed by atoms with Gasteiger partial charge in [-0.3, -0.25) is 0 Å². The van der Waals surface area contributed by atoms with Gasteiger partial charge in [-0.1, -0.05) is 12.1 Å². The van der Waals surface area contributed by atoms with Crippen LogP contribution < -0.4 is 4.74 Å². The molecule has 0 saturated heterocycles. The molecule has 2 N–H and O–H groups in total. The number of carbonyl (C=O) groups is 1. The predicted octanol–water partition coefficient (Wildman–Crippen LogP) is 1.55. The number of hydrogen-bond acceptors (Lipinski definition) is 3. The molecule has 0 atom stereocenters. The Kier molecular flexibility index (Phi) is 3.88. The van der Waals surface area contributed by atoms with Crippen LogP contribution in [0.5, 0.6) is 5.75 Å². The zero-order valence-electron chi connectivity index (χ0n) is 8.30. The van der Waals surface area contributed by atoms with Crippen molar-refractivity contribution in [3.8, 4) is 5.75 Å². The molecule has 0 bridgehead atoms. The van der Waals surface area contributed by atoms with Crippen LogP contribution in [0.4, 0.5) is 0 Å². The summed E-state index contributed by atoms with van der Waals surface area (Å²) in [6, 6.07) is 6.64. The number of carboxylic acid groups (broad SMARTS) is 1. The molecular weight excluding hydrogens is 196 g/mol. The fraction of sp³-hybridized carbons (Fsp3) is 0.182. The maximum absolute atomic E-state index is 10.6. The molecule has 0 aliphatic rings. The number of aliphatic carboxylic acids is 1. The first-order valence-corrected chi connectivity index (χ1v) is 4.44. The van der Waals surface area contributed by atoms with Crippen LogP contribution in [0.3, 0.4) is 0 Å². The van der Waals surface area contributed by atoms with Crippen LogP contribution in [0, 0.1) is 0 Å². The van der Waals surface area contributed by atoms with Crippen LogP contribution in [0.2, 0.25) is 0 Å². The van der Waals surface area contributed by atoms with E-state index in [-0.39, 0.29) is 12.4 Å². The van der Waals surface area contributed by atoms with Gasteiger partial charge in [0, 0.05) is 0 Å². The predicted molar refractivity (Wildman–Crippen MR) is 54.4 cm³/mol. The van der Waals surface area contributed by atoms with E-state index in [1.165, 1.54) is 6.08 Å². The Bertz CT molecular complexity index is 382. The second-order valence-corrected chi connectivity index (χ2v) is 2.87. The molecule has 0 fully saturated rings. The van der Waals surface area contributed by atoms with Crippen molar-refractivity contribution in [3.63, 3.8) is 0 Å². The van der Waals surface area contributed by atoms with Crippen molar-refractivity contribution >= 4 is 5.97 Å². The lowest BCUT2D eigenvalue weighted by Gasteiger charge is -2.06. The molecular formula is C11H12O4. The molecule has 1 rings (SSSR count). The first kappa shape index (κ1) is 11.3. The van der Waals surface area contributed by atoms with Crippen LogP contribution in [0.1, 0.15) is 12.5 Å². The van der Waals surface area contributed by atoms with E-state index in [9.17, 15) is 4.79 Å². The van der Waals surface area contributed by atoms with Crippen molar-refractivity contribution < 1.29 is 19.7 Å². The topological polar surface area (TPSA) is 66.8 Å². The highest BCUT2D eigenvalue weighted by Crippen LogP contribution is 2.16. The number of aliphatic hydroxyl groups excluding tert-OH is 1. The van der Waals surface area contributed by atoms with Crippen molar-refractivity contribution in [2.24, 2.45) is 0 Å². The van der Waals surface area contributed by atoms with E-state index in [0.717, 1.165) is 0 Å². The van der Waals surface area contributed by atoms with Crippen molar-refractivity contribution in [1.29, 1.82) is 0 Å². The van der Waals surface area contributed by atoms with Crippen LogP contribution in [-0.2, 0) is 11.4 Å². The highest BCUT2D eigenvalue weighted by atomic mass is 16.5. The van der Waals surface area contributed by atoms with E-state index >= 15 is 0 Å². The average molecular weight is 208 g/mol. The summed E-state index contributed by atoms with van der Waals surface area (Å²) in [6.45, 7) is 1.48. The molecule has 4 nitrogen and oxygen atoms in total. The van der Waals surface area contributed by atoms with E-state index in [0.29, 0.717) is 11.3 Å². The van der Waals surface area contributed by atoms with Crippen molar-refractivity contribution in [2.45, 2.75) is 13.5 Å². The summed E-state index contributed by atoms with van der Waals surface area (Å²) in [6.07, 6.45) is 1.37. The van der Waals surface area contributed by atoms with Gasteiger partial charge in [-0.05, 0) is 30.7 Å². The lowest BCUT2D eigenvalue weighted by atomic mass is 10.2. The number of hydrogen-bond donors (Lipinski definition) is 2. The van der Waals surface area contributed by atoms with Gasteiger partial charge in [0.2, 0.25) is 5.76 Å². The molecule has 80 valence electrons. The Morgan fingerprint density at radius 1 is 1.53 bits per heavy atom. The first-order valence-electron chi connectivity index (χ1n) is 4.44. The second-order valence-electron chi connectivity index (χ2n) is 2.87. The van der Waals surface area contributed by atoms with Gasteiger partial charge in [0.15, 0.2) is 0 Å². The fourth-order valence-electron chi connectivity index (χ4n) is 1.06. The smallest absolute Gasteiger partial charge is 0.371 e. The van der Waals surface area contributed by atoms with Crippen molar-refractivity contribution in [1.82, 2.24) is 0 Å². The molecule has 1 aromatic carbocycles. The van der Waals surface area contributed by atoms with Gasteiger partial charge in [0.25, 0.3) is 0 Å². The highest BCUT2D eigenvalue weighted by molar-refractivity contribution is 5.84. The number of benzene rings is 1. The van der Waals surface area contributed by atoms with E-state index in [1.807, 2.05) is 0 Å². The number of allylic oxidation sites excluding steroid dienone is 1. The molecule has 0 radical (unpaired) electrons. The molecule has 15 heavy (non-hydrogen) atoms. The van der Waals surface area contributed by atoms with Crippen LogP contribution >= 0.6 is 0 Å². The summed E-state index contributed by atoms with van der Waals surface area (Å²) in [5.41, 5.74) is 0.674. The SMILES string of the molecule is CC=C(Oc1cccc(CO)c1)C(=O)O. The lowest BCUT2D eigenvalue weighted by Crippen LogP contribution is -2.07. The standard InChI is InChI=1S/C11H12O4/c1-2-10(11(13)14)15-9-5-3-4-8(6-9)7-12/h2-6,12H,7H2,1H3,(H,13,14). The van der Waals surface area contributed by atoms with Gasteiger partial charge in [-0.15, -0.1) is 0 Å². The number of ether oxygens (including phenoxy) is 1. The minimum absolute atomic E-state index is 0.102. The normalized spacial score (nSPS) is 11.2. The lowest BCUT2D eigenvalue weighted by molar-refractivity contribution is -0.135. The summed E-state index contributed by atoms with van der Waals surface area (Å²) in [5, 5.41) is 17.6. The van der Waals surface area contributed by atoms with Crippen LogP contribution in [0.15, 0.2) is 36.1 Å². The van der Waals surface area contributed by atoms with Crippen LogP contribution in [-0.4, -0.2) is 16.2 Å². The molecule has 1 aromatic rings. The van der Waals surface area contributed by atoms with Crippen molar-refractivity contribution in [3.05, 3.63) is 41.7 Å². The quantitative estimate of drug-likeness (QED) is 0.582. The Balaban J connectivity index is 2.84. The maximum atomic E-state index is 10.6. The molecule has 0 heterocycles. The monoisotopic (exact) mass is 208 g/mol. The van der Waals surface area contributed by atoms with Gasteiger partial charge in [-0.2, -0.15) is 0 Å². The van der Waals surface area contributed by atoms with Crippen LogP contribution in [0.25, 0.3) is 0 Å². The Labute approximate surface area is 87.4 Å². The minimum Gasteiger partial charge on any atom is -0.475 e. The summed E-state index contributed by atoms with van der Waals surface area (Å²) >= 11 is 0. The average Bonchev–Trinajstić information content (AvgIpc) is 2.25. The highest BCUT2D eigenvalue weighted by Gasteiger charge is 2.08. The molecule has 0 aliphatic heterocycles. The summed E-state index contributed by atoms with van der Waals surface area (Å²) in [5.74, 6) is -0.853. The summed E-state index contributed by atoms with van der Waals surface area (Å²) in [7, 11) is 0. The van der Waals surface area contributed by atoms with Gasteiger partial charge >= 0.3 is 5.97 Å². The Hall–Kier alpha value is -1.81. The van der Waals surface area contributed by atoms with E-state index in [1.54, 1.807) is 31.2 Å². The minimum atomic E-state index is -1.12. The van der Waals surface area contributed by atoms with E-state index in [2.05, 4.69) is 0 Å². The van der Waals surface area contributed by atoms with Gasteiger partial charge in [-0.25, -0.2) is 4.79 Å². The zero-order chi connectivity index (χ0) is 11.3. The number of rotatable bonds is 4. The molecule has 0 amide bonds. The second kappa shape index (κ2) is 5.17. The maximum Gasteiger partial charge on any atom is 0.371 e. The summed E-state index contributed by atoms with van der Waals surface area (Å²) in [4.78, 5) is 10.6. The number of carboxylic acids is 1. The Morgan fingerprint density at radius 3 is 2.80 bits per heavy atom.